The third kappa shape index (κ3) is 19.0. The molecule has 2 rings (SSSR count). The Morgan fingerprint density at radius 1 is 0.581 bits per heavy atom. The van der Waals surface area contributed by atoms with Gasteiger partial charge in [0.05, 0.1) is 0 Å². The second-order valence-corrected chi connectivity index (χ2v) is 22.1. The van der Waals surface area contributed by atoms with Crippen LogP contribution in [0.25, 0.3) is 0 Å². The summed E-state index contributed by atoms with van der Waals surface area (Å²) in [6.45, 7) is 4.44. The molecule has 0 amide bonds. The van der Waals surface area contributed by atoms with E-state index < -0.39 is 38.9 Å². The Morgan fingerprint density at radius 2 is 0.791 bits per heavy atom. The van der Waals surface area contributed by atoms with E-state index in [0.717, 1.165) is 0 Å². The smallest absolute Gasteiger partial charge is 0.279 e. The van der Waals surface area contributed by atoms with E-state index in [2.05, 4.69) is 175 Å². The number of rotatable bonds is 8. The largest absolute Gasteiger partial charge is 0.522 e. The molecule has 0 fully saturated rings. The average Bonchev–Trinajstić information content (AvgIpc) is 2.80. The molecule has 2 aromatic carbocycles. The van der Waals surface area contributed by atoms with Gasteiger partial charge in [0.25, 0.3) is 0 Å². The quantitative estimate of drug-likeness (QED) is 0.183. The van der Waals surface area contributed by atoms with Crippen molar-refractivity contribution < 1.29 is 26.1 Å². The molecule has 0 saturated carbocycles. The maximum absolute atomic E-state index is 10.7. The molecule has 0 atom stereocenters. The first-order valence-corrected chi connectivity index (χ1v) is 20.3. The Hall–Kier alpha value is -0.357. The van der Waals surface area contributed by atoms with Gasteiger partial charge in [0.2, 0.25) is 0 Å². The van der Waals surface area contributed by atoms with Gasteiger partial charge in [-0.2, -0.15) is 21.6 Å². The van der Waals surface area contributed by atoms with Crippen molar-refractivity contribution in [2.45, 2.75) is 19.4 Å². The maximum Gasteiger partial charge on any atom is 0.522 e. The predicted octanol–water partition coefficient (Wildman–Crippen LogP) is 4.15. The first kappa shape index (κ1) is 44.8. The summed E-state index contributed by atoms with van der Waals surface area (Å²) in [4.78, 5) is 0. The first-order valence-electron chi connectivity index (χ1n) is 13.0. The Morgan fingerprint density at radius 3 is 0.930 bits per heavy atom. The van der Waals surface area contributed by atoms with Crippen LogP contribution in [-0.4, -0.2) is 154 Å². The van der Waals surface area contributed by atoms with Crippen LogP contribution >= 0.6 is 16.7 Å². The van der Waals surface area contributed by atoms with Gasteiger partial charge < -0.3 is 0 Å². The number of hydrogen-bond donors (Lipinski definition) is 1. The number of aryl methyl sites for hydroxylation is 2. The van der Waals surface area contributed by atoms with E-state index in [0.29, 0.717) is 0 Å². The van der Waals surface area contributed by atoms with Gasteiger partial charge in [0.1, 0.15) is 16.7 Å². The number of benzene rings is 2. The molecule has 0 unspecified atom stereocenters. The summed E-state index contributed by atoms with van der Waals surface area (Å²) >= 11 is -0.692. The molecular formula is C27H51BiF3N6O3P2S. The molecule has 0 heterocycles. The number of halogens is 3. The van der Waals surface area contributed by atoms with E-state index in [9.17, 15) is 13.2 Å². The van der Waals surface area contributed by atoms with Gasteiger partial charge in [-0.05, 0) is 84.6 Å². The van der Waals surface area contributed by atoms with Gasteiger partial charge in [-0.3, -0.25) is 32.6 Å². The number of nitrogens with zero attached hydrogens (tertiary/aromatic N) is 6. The fourth-order valence-electron chi connectivity index (χ4n) is 3.65. The molecule has 249 valence electrons. The van der Waals surface area contributed by atoms with Crippen molar-refractivity contribution >= 4 is 56.6 Å². The van der Waals surface area contributed by atoms with Crippen LogP contribution in [0.3, 0.4) is 0 Å². The van der Waals surface area contributed by atoms with Gasteiger partial charge in [-0.1, -0.05) is 0 Å². The van der Waals surface area contributed by atoms with Gasteiger partial charge >= 0.3 is 119 Å². The van der Waals surface area contributed by atoms with Crippen LogP contribution in [0, 0.1) is 13.8 Å². The molecule has 0 aliphatic carbocycles. The van der Waals surface area contributed by atoms with Gasteiger partial charge in [0.15, 0.2) is 0 Å². The van der Waals surface area contributed by atoms with Gasteiger partial charge in [-0.25, -0.2) is 0 Å². The summed E-state index contributed by atoms with van der Waals surface area (Å²) in [5.74, 6) is 0. The summed E-state index contributed by atoms with van der Waals surface area (Å²) in [5.41, 5.74) is -2.62. The molecule has 1 N–H and O–H groups in total. The molecule has 0 aliphatic heterocycles. The van der Waals surface area contributed by atoms with Gasteiger partial charge in [-0.15, -0.1) is 0 Å². The second-order valence-electron chi connectivity index (χ2n) is 10.2. The van der Waals surface area contributed by atoms with Crippen LogP contribution in [0.15, 0.2) is 48.5 Å². The van der Waals surface area contributed by atoms with Crippen LogP contribution < -0.4 is 6.54 Å². The van der Waals surface area contributed by atoms with Crippen LogP contribution in [0.1, 0.15) is 11.1 Å². The minimum absolute atomic E-state index is 0.238. The SMILES string of the molecule is CN(C)P(N(C)C)N(C)C.CN(C)P(N(C)C)N(C)C.Cc1cccc[c]1[Bi][c]1ccccc1C.O=S(=O)(O)C(F)(F)F. The molecule has 1 radical (unpaired) electrons. The van der Waals surface area contributed by atoms with Crippen LogP contribution in [0.5, 0.6) is 0 Å². The zero-order valence-corrected chi connectivity index (χ0v) is 34.0. The third-order valence-corrected chi connectivity index (χ3v) is 15.6. The summed E-state index contributed by atoms with van der Waals surface area (Å²) < 4.78 is 74.1. The Kier molecular flexibility index (Phi) is 22.3. The summed E-state index contributed by atoms with van der Waals surface area (Å²) in [6, 6.07) is 17.6. The van der Waals surface area contributed by atoms with Crippen molar-refractivity contribution in [3.63, 3.8) is 0 Å². The van der Waals surface area contributed by atoms with E-state index >= 15 is 0 Å². The molecule has 16 heteroatoms. The second kappa shape index (κ2) is 21.4. The monoisotopic (exact) mass is 867 g/mol. The zero-order chi connectivity index (χ0) is 34.3. The van der Waals surface area contributed by atoms with E-state index in [4.69, 9.17) is 13.0 Å². The molecular weight excluding hydrogens is 816 g/mol. The zero-order valence-electron chi connectivity index (χ0n) is 27.9. The fourth-order valence-corrected chi connectivity index (χ4v) is 12.2. The van der Waals surface area contributed by atoms with Crippen LogP contribution in [0.4, 0.5) is 13.2 Å². The molecule has 0 aliphatic rings. The van der Waals surface area contributed by atoms with E-state index in [1.807, 2.05) is 0 Å². The molecule has 0 spiro atoms. The minimum Gasteiger partial charge on any atom is -0.279 e. The minimum atomic E-state index is -5.84. The van der Waals surface area contributed by atoms with Gasteiger partial charge in [0, 0.05) is 0 Å². The van der Waals surface area contributed by atoms with Crippen LogP contribution in [-0.2, 0) is 10.1 Å². The van der Waals surface area contributed by atoms with E-state index in [1.54, 1.807) is 6.54 Å². The molecule has 0 saturated heterocycles. The van der Waals surface area contributed by atoms with E-state index in [1.165, 1.54) is 11.1 Å². The van der Waals surface area contributed by atoms with Crippen LogP contribution in [0.2, 0.25) is 0 Å². The molecule has 0 aromatic heterocycles. The van der Waals surface area contributed by atoms with Crippen molar-refractivity contribution in [1.29, 1.82) is 0 Å². The standard InChI is InChI=1S/2C7H7.2C6H18N3P.CHF3O3S.Bi/c2*1-7-5-3-2-4-6-7;2*1-7(2)10(8(3)4)9(5)6;2-1(3,4)8(5,6)7;/h2*2-5H,1H3;2*1-6H3;(H,5,6,7);. The third-order valence-electron chi connectivity index (χ3n) is 4.91. The van der Waals surface area contributed by atoms with Crippen molar-refractivity contribution in [3.8, 4) is 0 Å². The van der Waals surface area contributed by atoms with Crippen molar-refractivity contribution in [1.82, 2.24) is 28.0 Å². The first-order chi connectivity index (χ1) is 19.4. The predicted molar refractivity (Wildman–Crippen MR) is 181 cm³/mol. The Balaban J connectivity index is 0. The Labute approximate surface area is 273 Å². The normalized spacial score (nSPS) is 12.0. The average molecular weight is 868 g/mol. The summed E-state index contributed by atoms with van der Waals surface area (Å²) in [6.07, 6.45) is 0. The number of hydrogen-bond acceptors (Lipinski definition) is 8. The van der Waals surface area contributed by atoms with Crippen molar-refractivity contribution in [3.05, 3.63) is 59.7 Å². The molecule has 9 nitrogen and oxygen atoms in total. The maximum atomic E-state index is 10.7. The van der Waals surface area contributed by atoms with E-state index in [-0.39, 0.29) is 16.7 Å². The topological polar surface area (TPSA) is 73.8 Å². The fraction of sp³-hybridized carbons (Fsp3) is 0.556. The molecule has 0 bridgehead atoms. The summed E-state index contributed by atoms with van der Waals surface area (Å²) in [7, 11) is 18.9. The summed E-state index contributed by atoms with van der Waals surface area (Å²) in [5, 5.41) is 0. The van der Waals surface area contributed by atoms with Crippen molar-refractivity contribution in [2.75, 3.05) is 84.6 Å². The molecule has 2 aromatic rings. The molecule has 43 heavy (non-hydrogen) atoms. The number of alkyl halides is 3. The Bertz CT molecular complexity index is 1050. The van der Waals surface area contributed by atoms with Crippen molar-refractivity contribution in [2.24, 2.45) is 0 Å².